The first-order chi connectivity index (χ1) is 12.8. The highest BCUT2D eigenvalue weighted by Gasteiger charge is 2.36. The molecule has 0 bridgehead atoms. The lowest BCUT2D eigenvalue weighted by Crippen LogP contribution is -2.48. The Hall–Kier alpha value is -1.92. The average Bonchev–Trinajstić information content (AvgIpc) is 3.23. The van der Waals surface area contributed by atoms with Crippen LogP contribution in [0.3, 0.4) is 0 Å². The molecule has 5 heteroatoms. The lowest BCUT2D eigenvalue weighted by molar-refractivity contribution is -0.00618. The number of nitrogens with zero attached hydrogens (tertiary/aromatic N) is 2. The molecule has 0 unspecified atom stereocenters. The van der Waals surface area contributed by atoms with E-state index in [1.807, 2.05) is 18.2 Å². The molecule has 0 radical (unpaired) electrons. The van der Waals surface area contributed by atoms with E-state index in [4.69, 9.17) is 9.15 Å². The summed E-state index contributed by atoms with van der Waals surface area (Å²) in [5.74, 6) is 0. The second-order valence-corrected chi connectivity index (χ2v) is 7.37. The summed E-state index contributed by atoms with van der Waals surface area (Å²) >= 11 is 0. The average molecular weight is 352 g/mol. The van der Waals surface area contributed by atoms with Gasteiger partial charge in [-0.05, 0) is 6.07 Å². The molecule has 0 aliphatic carbocycles. The van der Waals surface area contributed by atoms with Crippen LogP contribution in [0.25, 0.3) is 21.9 Å². The van der Waals surface area contributed by atoms with Crippen LogP contribution in [0, 0.1) is 0 Å². The topological polar surface area (TPSA) is 49.1 Å². The van der Waals surface area contributed by atoms with Gasteiger partial charge in [0.2, 0.25) is 0 Å². The smallest absolute Gasteiger partial charge is 0.139 e. The van der Waals surface area contributed by atoms with Crippen LogP contribution in [0.4, 0.5) is 0 Å². The minimum atomic E-state index is -0.303. The number of likely N-dealkylation sites (tertiary alicyclic amines) is 1. The molecule has 0 saturated carbocycles. The Morgan fingerprint density at radius 2 is 1.77 bits per heavy atom. The summed E-state index contributed by atoms with van der Waals surface area (Å²) in [4.78, 5) is 4.71. The highest BCUT2D eigenvalue weighted by Crippen LogP contribution is 2.32. The van der Waals surface area contributed by atoms with Gasteiger partial charge in [0, 0.05) is 55.1 Å². The zero-order chi connectivity index (χ0) is 17.5. The van der Waals surface area contributed by atoms with Crippen molar-refractivity contribution in [3.8, 4) is 0 Å². The van der Waals surface area contributed by atoms with Crippen molar-refractivity contribution in [2.24, 2.45) is 0 Å². The van der Waals surface area contributed by atoms with E-state index in [0.29, 0.717) is 6.54 Å². The number of hydrogen-bond donors (Lipinski definition) is 1. The summed E-state index contributed by atoms with van der Waals surface area (Å²) in [5.41, 5.74) is 3.09. The molecule has 2 fully saturated rings. The molecule has 26 heavy (non-hydrogen) atoms. The molecule has 2 aliphatic heterocycles. The van der Waals surface area contributed by atoms with E-state index in [9.17, 15) is 5.11 Å². The van der Waals surface area contributed by atoms with Crippen molar-refractivity contribution >= 4 is 21.9 Å². The normalized spacial score (nSPS) is 25.4. The third-order valence-electron chi connectivity index (χ3n) is 5.73. The summed E-state index contributed by atoms with van der Waals surface area (Å²) in [5, 5.41) is 12.9. The van der Waals surface area contributed by atoms with Crippen LogP contribution in [0.15, 0.2) is 46.9 Å². The van der Waals surface area contributed by atoms with Gasteiger partial charge in [0.05, 0.1) is 19.3 Å². The molecule has 2 atom stereocenters. The summed E-state index contributed by atoms with van der Waals surface area (Å²) < 4.78 is 11.6. The number of furan rings is 1. The third-order valence-corrected chi connectivity index (χ3v) is 5.73. The van der Waals surface area contributed by atoms with Crippen LogP contribution >= 0.6 is 0 Å². The predicted molar refractivity (Wildman–Crippen MR) is 101 cm³/mol. The van der Waals surface area contributed by atoms with Gasteiger partial charge in [-0.15, -0.1) is 0 Å². The summed E-state index contributed by atoms with van der Waals surface area (Å²) in [6.45, 7) is 5.75. The van der Waals surface area contributed by atoms with Gasteiger partial charge in [0.25, 0.3) is 0 Å². The van der Waals surface area contributed by atoms with E-state index in [1.54, 1.807) is 0 Å². The first-order valence-corrected chi connectivity index (χ1v) is 9.41. The quantitative estimate of drug-likeness (QED) is 0.785. The molecule has 136 valence electrons. The van der Waals surface area contributed by atoms with Gasteiger partial charge in [-0.3, -0.25) is 9.80 Å². The number of aliphatic hydroxyl groups is 1. The van der Waals surface area contributed by atoms with E-state index < -0.39 is 0 Å². The van der Waals surface area contributed by atoms with E-state index in [0.717, 1.165) is 55.9 Å². The molecule has 5 rings (SSSR count). The molecule has 3 aromatic rings. The van der Waals surface area contributed by atoms with Gasteiger partial charge < -0.3 is 14.3 Å². The van der Waals surface area contributed by atoms with Crippen LogP contribution in [0.5, 0.6) is 0 Å². The van der Waals surface area contributed by atoms with Gasteiger partial charge in [-0.1, -0.05) is 36.4 Å². The maximum Gasteiger partial charge on any atom is 0.139 e. The van der Waals surface area contributed by atoms with Crippen LogP contribution in [0.2, 0.25) is 0 Å². The highest BCUT2D eigenvalue weighted by atomic mass is 16.5. The number of rotatable bonds is 3. The SMILES string of the molecule is O[C@@H]1CN(Cc2cccc3c2oc2ccccc23)C[C@H]1N1CCOCC1. The highest BCUT2D eigenvalue weighted by molar-refractivity contribution is 6.05. The second-order valence-electron chi connectivity index (χ2n) is 7.37. The van der Waals surface area contributed by atoms with E-state index in [1.165, 1.54) is 10.9 Å². The monoisotopic (exact) mass is 352 g/mol. The largest absolute Gasteiger partial charge is 0.456 e. The van der Waals surface area contributed by atoms with Crippen molar-refractivity contribution in [2.75, 3.05) is 39.4 Å². The van der Waals surface area contributed by atoms with E-state index in [2.05, 4.69) is 34.1 Å². The number of ether oxygens (including phenoxy) is 1. The van der Waals surface area contributed by atoms with E-state index in [-0.39, 0.29) is 12.1 Å². The Morgan fingerprint density at radius 1 is 0.962 bits per heavy atom. The minimum Gasteiger partial charge on any atom is -0.456 e. The summed E-state index contributed by atoms with van der Waals surface area (Å²) in [7, 11) is 0. The third kappa shape index (κ3) is 2.81. The number of fused-ring (bicyclic) bond motifs is 3. The number of benzene rings is 2. The predicted octanol–water partition coefficient (Wildman–Crippen LogP) is 2.46. The minimum absolute atomic E-state index is 0.203. The Kier molecular flexibility index (Phi) is 4.17. The molecule has 2 aliphatic rings. The fourth-order valence-electron chi connectivity index (χ4n) is 4.41. The Balaban J connectivity index is 1.39. The molecule has 5 nitrogen and oxygen atoms in total. The second kappa shape index (κ2) is 6.67. The lowest BCUT2D eigenvalue weighted by Gasteiger charge is -2.33. The summed E-state index contributed by atoms with van der Waals surface area (Å²) in [6, 6.07) is 14.8. The Bertz CT molecular complexity index is 916. The maximum absolute atomic E-state index is 10.6. The Morgan fingerprint density at radius 3 is 2.65 bits per heavy atom. The molecule has 0 amide bonds. The molecule has 0 spiro atoms. The molecule has 1 N–H and O–H groups in total. The number of β-amino-alcohol motifs (C(OH)–C–C–N with tert-alkyl or cyclic N) is 1. The van der Waals surface area contributed by atoms with Gasteiger partial charge >= 0.3 is 0 Å². The number of hydrogen-bond acceptors (Lipinski definition) is 5. The molecular formula is C21H24N2O3. The first kappa shape index (κ1) is 16.3. The van der Waals surface area contributed by atoms with Crippen LogP contribution in [-0.2, 0) is 11.3 Å². The first-order valence-electron chi connectivity index (χ1n) is 9.41. The standard InChI is InChI=1S/C21H24N2O3/c24-19-14-22(13-18(19)23-8-10-25-11-9-23)12-15-4-3-6-17-16-5-1-2-7-20(16)26-21(15)17/h1-7,18-19,24H,8-14H2/t18-,19-/m1/s1. The van der Waals surface area contributed by atoms with Crippen molar-refractivity contribution in [1.29, 1.82) is 0 Å². The van der Waals surface area contributed by atoms with Crippen LogP contribution in [0.1, 0.15) is 5.56 Å². The zero-order valence-corrected chi connectivity index (χ0v) is 14.8. The zero-order valence-electron chi connectivity index (χ0n) is 14.8. The van der Waals surface area contributed by atoms with Gasteiger partial charge in [0.15, 0.2) is 0 Å². The maximum atomic E-state index is 10.6. The lowest BCUT2D eigenvalue weighted by atomic mass is 10.1. The van der Waals surface area contributed by atoms with Gasteiger partial charge in [0.1, 0.15) is 11.2 Å². The molecule has 3 heterocycles. The fourth-order valence-corrected chi connectivity index (χ4v) is 4.41. The molecule has 1 aromatic heterocycles. The van der Waals surface area contributed by atoms with Crippen LogP contribution < -0.4 is 0 Å². The summed E-state index contributed by atoms with van der Waals surface area (Å²) in [6.07, 6.45) is -0.303. The van der Waals surface area contributed by atoms with E-state index >= 15 is 0 Å². The number of para-hydroxylation sites is 2. The van der Waals surface area contributed by atoms with Crippen molar-refractivity contribution in [2.45, 2.75) is 18.7 Å². The fraction of sp³-hybridized carbons (Fsp3) is 0.429. The van der Waals surface area contributed by atoms with Gasteiger partial charge in [-0.2, -0.15) is 0 Å². The number of aliphatic hydroxyl groups excluding tert-OH is 1. The van der Waals surface area contributed by atoms with Crippen LogP contribution in [-0.4, -0.2) is 66.4 Å². The van der Waals surface area contributed by atoms with Crippen molar-refractivity contribution in [1.82, 2.24) is 9.80 Å². The number of morpholine rings is 1. The van der Waals surface area contributed by atoms with Crippen molar-refractivity contribution in [3.63, 3.8) is 0 Å². The Labute approximate surface area is 152 Å². The molecular weight excluding hydrogens is 328 g/mol. The molecule has 2 aromatic carbocycles. The van der Waals surface area contributed by atoms with Gasteiger partial charge in [-0.25, -0.2) is 0 Å². The van der Waals surface area contributed by atoms with Crippen molar-refractivity contribution < 1.29 is 14.3 Å². The van der Waals surface area contributed by atoms with Crippen molar-refractivity contribution in [3.05, 3.63) is 48.0 Å². The molecule has 2 saturated heterocycles.